The standard InChI is InChI=1S/C26H27ClN2O/c1-19-17-22(18-20(2)26(19)27)30-16-8-15-29-24-12-7-6-11-23(24)28-25(29)14-13-21-9-4-3-5-10-21/h3-7,9-12,17-18H,8,13-16H2,1-2H3. The molecule has 0 N–H and O–H groups in total. The molecule has 0 aliphatic heterocycles. The van der Waals surface area contributed by atoms with Gasteiger partial charge in [0, 0.05) is 18.0 Å². The maximum Gasteiger partial charge on any atom is 0.119 e. The van der Waals surface area contributed by atoms with Crippen LogP contribution in [0.15, 0.2) is 66.7 Å². The van der Waals surface area contributed by atoms with E-state index in [-0.39, 0.29) is 0 Å². The van der Waals surface area contributed by atoms with Crippen molar-refractivity contribution < 1.29 is 4.74 Å². The molecule has 3 nitrogen and oxygen atoms in total. The highest BCUT2D eigenvalue weighted by atomic mass is 35.5. The Bertz CT molecular complexity index is 1110. The largest absolute Gasteiger partial charge is 0.494 e. The van der Waals surface area contributed by atoms with Gasteiger partial charge in [-0.2, -0.15) is 0 Å². The van der Waals surface area contributed by atoms with Crippen LogP contribution in [0.4, 0.5) is 0 Å². The van der Waals surface area contributed by atoms with Crippen LogP contribution in [-0.2, 0) is 19.4 Å². The number of para-hydroxylation sites is 2. The summed E-state index contributed by atoms with van der Waals surface area (Å²) in [5.74, 6) is 2.02. The van der Waals surface area contributed by atoms with E-state index in [1.165, 1.54) is 11.1 Å². The Morgan fingerprint density at radius 3 is 2.37 bits per heavy atom. The monoisotopic (exact) mass is 418 g/mol. The third-order valence-corrected chi connectivity index (χ3v) is 6.01. The number of fused-ring (bicyclic) bond motifs is 1. The van der Waals surface area contributed by atoms with Crippen LogP contribution in [0.3, 0.4) is 0 Å². The Balaban J connectivity index is 1.43. The van der Waals surface area contributed by atoms with Gasteiger partial charge in [0.25, 0.3) is 0 Å². The maximum atomic E-state index is 6.26. The number of rotatable bonds is 8. The van der Waals surface area contributed by atoms with Crippen LogP contribution in [0.5, 0.6) is 5.75 Å². The van der Waals surface area contributed by atoms with Crippen molar-refractivity contribution in [3.05, 3.63) is 94.3 Å². The van der Waals surface area contributed by atoms with Crippen molar-refractivity contribution in [2.75, 3.05) is 6.61 Å². The van der Waals surface area contributed by atoms with Crippen molar-refractivity contribution >= 4 is 22.6 Å². The molecule has 154 valence electrons. The summed E-state index contributed by atoms with van der Waals surface area (Å²) in [6.45, 7) is 5.57. The van der Waals surface area contributed by atoms with E-state index >= 15 is 0 Å². The van der Waals surface area contributed by atoms with E-state index < -0.39 is 0 Å². The summed E-state index contributed by atoms with van der Waals surface area (Å²) in [6.07, 6.45) is 2.83. The summed E-state index contributed by atoms with van der Waals surface area (Å²) in [4.78, 5) is 4.91. The van der Waals surface area contributed by atoms with Gasteiger partial charge in [-0.25, -0.2) is 4.98 Å². The molecule has 0 aliphatic rings. The van der Waals surface area contributed by atoms with E-state index in [0.717, 1.165) is 59.0 Å². The van der Waals surface area contributed by atoms with Crippen molar-refractivity contribution in [2.45, 2.75) is 39.7 Å². The summed E-state index contributed by atoms with van der Waals surface area (Å²) < 4.78 is 8.36. The molecule has 4 heteroatoms. The molecule has 0 aliphatic carbocycles. The van der Waals surface area contributed by atoms with Crippen LogP contribution in [0.2, 0.25) is 5.02 Å². The van der Waals surface area contributed by atoms with Gasteiger partial charge in [0.2, 0.25) is 0 Å². The van der Waals surface area contributed by atoms with Crippen molar-refractivity contribution in [1.29, 1.82) is 0 Å². The molecular formula is C26H27ClN2O. The number of aromatic nitrogens is 2. The second-order valence-corrected chi connectivity index (χ2v) is 8.11. The fourth-order valence-corrected chi connectivity index (χ4v) is 3.98. The third kappa shape index (κ3) is 4.68. The van der Waals surface area contributed by atoms with Crippen LogP contribution in [0.25, 0.3) is 11.0 Å². The van der Waals surface area contributed by atoms with E-state index in [4.69, 9.17) is 21.3 Å². The second kappa shape index (κ2) is 9.36. The van der Waals surface area contributed by atoms with E-state index in [9.17, 15) is 0 Å². The predicted octanol–water partition coefficient (Wildman–Crippen LogP) is 6.56. The van der Waals surface area contributed by atoms with Crippen molar-refractivity contribution in [3.63, 3.8) is 0 Å². The van der Waals surface area contributed by atoms with E-state index in [2.05, 4.69) is 59.2 Å². The van der Waals surface area contributed by atoms with E-state index in [1.807, 2.05) is 26.0 Å². The van der Waals surface area contributed by atoms with Crippen LogP contribution >= 0.6 is 11.6 Å². The molecule has 0 amide bonds. The Morgan fingerprint density at radius 1 is 0.900 bits per heavy atom. The number of imidazole rings is 1. The Morgan fingerprint density at radius 2 is 1.60 bits per heavy atom. The van der Waals surface area contributed by atoms with Gasteiger partial charge in [-0.3, -0.25) is 0 Å². The van der Waals surface area contributed by atoms with Gasteiger partial charge in [-0.05, 0) is 67.6 Å². The van der Waals surface area contributed by atoms with Crippen LogP contribution in [0.1, 0.15) is 28.9 Å². The fourth-order valence-electron chi connectivity index (χ4n) is 3.87. The first-order chi connectivity index (χ1) is 14.6. The normalized spacial score (nSPS) is 11.2. The Hall–Kier alpha value is -2.78. The zero-order chi connectivity index (χ0) is 20.9. The first-order valence-electron chi connectivity index (χ1n) is 10.5. The molecule has 0 bridgehead atoms. The maximum absolute atomic E-state index is 6.26. The predicted molar refractivity (Wildman–Crippen MR) is 125 cm³/mol. The lowest BCUT2D eigenvalue weighted by molar-refractivity contribution is 0.301. The number of hydrogen-bond donors (Lipinski definition) is 0. The van der Waals surface area contributed by atoms with Crippen LogP contribution in [0, 0.1) is 13.8 Å². The molecule has 0 saturated heterocycles. The lowest BCUT2D eigenvalue weighted by Gasteiger charge is -2.12. The molecule has 3 aromatic carbocycles. The average Bonchev–Trinajstić information content (AvgIpc) is 3.12. The SMILES string of the molecule is Cc1cc(OCCCn2c(CCc3ccccc3)nc3ccccc32)cc(C)c1Cl. The summed E-state index contributed by atoms with van der Waals surface area (Å²) in [5, 5.41) is 0.815. The minimum atomic E-state index is 0.658. The summed E-state index contributed by atoms with van der Waals surface area (Å²) >= 11 is 6.26. The average molecular weight is 419 g/mol. The smallest absolute Gasteiger partial charge is 0.119 e. The van der Waals surface area contributed by atoms with Gasteiger partial charge in [-0.15, -0.1) is 0 Å². The Labute approximate surface area is 183 Å². The van der Waals surface area contributed by atoms with Gasteiger partial charge < -0.3 is 9.30 Å². The highest BCUT2D eigenvalue weighted by molar-refractivity contribution is 6.32. The molecule has 4 aromatic rings. The minimum absolute atomic E-state index is 0.658. The zero-order valence-corrected chi connectivity index (χ0v) is 18.3. The number of aryl methyl sites for hydroxylation is 5. The quantitative estimate of drug-likeness (QED) is 0.303. The fraction of sp³-hybridized carbons (Fsp3) is 0.269. The molecule has 4 rings (SSSR count). The van der Waals surface area contributed by atoms with E-state index in [0.29, 0.717) is 6.61 Å². The van der Waals surface area contributed by atoms with Gasteiger partial charge in [-0.1, -0.05) is 54.1 Å². The van der Waals surface area contributed by atoms with Gasteiger partial charge in [0.15, 0.2) is 0 Å². The summed E-state index contributed by atoms with van der Waals surface area (Å²) in [7, 11) is 0. The molecule has 0 unspecified atom stereocenters. The molecule has 0 atom stereocenters. The van der Waals surface area contributed by atoms with Crippen LogP contribution in [-0.4, -0.2) is 16.2 Å². The highest BCUT2D eigenvalue weighted by Crippen LogP contribution is 2.26. The number of ether oxygens (including phenoxy) is 1. The first-order valence-corrected chi connectivity index (χ1v) is 10.9. The molecule has 0 fully saturated rings. The number of nitrogens with zero attached hydrogens (tertiary/aromatic N) is 2. The molecule has 0 radical (unpaired) electrons. The summed E-state index contributed by atoms with van der Waals surface area (Å²) in [5.41, 5.74) is 5.70. The lowest BCUT2D eigenvalue weighted by atomic mass is 10.1. The van der Waals surface area contributed by atoms with Gasteiger partial charge >= 0.3 is 0 Å². The van der Waals surface area contributed by atoms with Crippen molar-refractivity contribution in [3.8, 4) is 5.75 Å². The van der Waals surface area contributed by atoms with Gasteiger partial charge in [0.1, 0.15) is 11.6 Å². The lowest BCUT2D eigenvalue weighted by Crippen LogP contribution is -2.09. The zero-order valence-electron chi connectivity index (χ0n) is 17.6. The molecule has 1 aromatic heterocycles. The molecular weight excluding hydrogens is 392 g/mol. The third-order valence-electron chi connectivity index (χ3n) is 5.42. The van der Waals surface area contributed by atoms with E-state index in [1.54, 1.807) is 0 Å². The van der Waals surface area contributed by atoms with Crippen LogP contribution < -0.4 is 4.74 Å². The summed E-state index contributed by atoms with van der Waals surface area (Å²) in [6, 6.07) is 23.0. The number of halogens is 1. The number of benzene rings is 3. The first kappa shape index (κ1) is 20.5. The Kier molecular flexibility index (Phi) is 6.39. The molecule has 1 heterocycles. The molecule has 30 heavy (non-hydrogen) atoms. The second-order valence-electron chi connectivity index (χ2n) is 7.73. The minimum Gasteiger partial charge on any atom is -0.494 e. The van der Waals surface area contributed by atoms with Crippen molar-refractivity contribution in [1.82, 2.24) is 9.55 Å². The van der Waals surface area contributed by atoms with Gasteiger partial charge in [0.05, 0.1) is 17.6 Å². The molecule has 0 spiro atoms. The highest BCUT2D eigenvalue weighted by Gasteiger charge is 2.11. The van der Waals surface area contributed by atoms with Crippen molar-refractivity contribution in [2.24, 2.45) is 0 Å². The molecule has 0 saturated carbocycles. The topological polar surface area (TPSA) is 27.1 Å². The number of hydrogen-bond acceptors (Lipinski definition) is 2.